The van der Waals surface area contributed by atoms with Crippen LogP contribution >= 0.6 is 23.2 Å². The third-order valence-electron chi connectivity index (χ3n) is 2.48. The highest BCUT2D eigenvalue weighted by atomic mass is 35.5. The number of benzene rings is 1. The minimum Gasteiger partial charge on any atom is -0.488 e. The Kier molecular flexibility index (Phi) is 4.25. The van der Waals surface area contributed by atoms with Gasteiger partial charge in [0, 0.05) is 15.6 Å². The van der Waals surface area contributed by atoms with Crippen LogP contribution in [0.5, 0.6) is 5.88 Å². The number of H-pyrrole nitrogens is 1. The van der Waals surface area contributed by atoms with Gasteiger partial charge in [0.1, 0.15) is 5.82 Å². The van der Waals surface area contributed by atoms with E-state index in [-0.39, 0.29) is 5.82 Å². The molecule has 0 fully saturated rings. The van der Waals surface area contributed by atoms with E-state index in [0.717, 1.165) is 0 Å². The van der Waals surface area contributed by atoms with E-state index < -0.39 is 22.0 Å². The van der Waals surface area contributed by atoms with Crippen LogP contribution in [0.2, 0.25) is 10.0 Å². The monoisotopic (exact) mass is 327 g/mol. The Labute approximate surface area is 127 Å². The van der Waals surface area contributed by atoms with Gasteiger partial charge in [-0.2, -0.15) is 4.98 Å². The zero-order valence-corrected chi connectivity index (χ0v) is 11.7. The SMILES string of the molecule is O=c1[nH]c(C=Cc2c(Cl)cccc2Cl)nc(O)c1[N+](=O)[O-]. The average molecular weight is 328 g/mol. The maximum Gasteiger partial charge on any atom is 0.395 e. The number of aromatic amines is 1. The lowest BCUT2D eigenvalue weighted by molar-refractivity contribution is -0.387. The van der Waals surface area contributed by atoms with Gasteiger partial charge in [-0.1, -0.05) is 29.3 Å². The molecule has 0 saturated heterocycles. The summed E-state index contributed by atoms with van der Waals surface area (Å²) < 4.78 is 0. The second kappa shape index (κ2) is 5.94. The maximum atomic E-state index is 11.5. The first-order chi connectivity index (χ1) is 9.90. The molecule has 2 N–H and O–H groups in total. The lowest BCUT2D eigenvalue weighted by Gasteiger charge is -2.01. The summed E-state index contributed by atoms with van der Waals surface area (Å²) >= 11 is 11.9. The minimum atomic E-state index is -1.06. The van der Waals surface area contributed by atoms with Crippen molar-refractivity contribution in [1.29, 1.82) is 0 Å². The van der Waals surface area contributed by atoms with Gasteiger partial charge in [0.15, 0.2) is 0 Å². The highest BCUT2D eigenvalue weighted by Crippen LogP contribution is 2.26. The molecular formula is C12H7Cl2N3O4. The zero-order valence-electron chi connectivity index (χ0n) is 10.2. The molecule has 7 nitrogen and oxygen atoms in total. The lowest BCUT2D eigenvalue weighted by atomic mass is 10.2. The summed E-state index contributed by atoms with van der Waals surface area (Å²) in [5.74, 6) is -1.03. The Balaban J connectivity index is 2.43. The molecule has 0 unspecified atom stereocenters. The molecule has 0 bridgehead atoms. The van der Waals surface area contributed by atoms with Crippen molar-refractivity contribution in [2.45, 2.75) is 0 Å². The molecule has 0 amide bonds. The molecule has 108 valence electrons. The van der Waals surface area contributed by atoms with Gasteiger partial charge >= 0.3 is 11.2 Å². The predicted octanol–water partition coefficient (Wildman–Crippen LogP) is 2.86. The highest BCUT2D eigenvalue weighted by molar-refractivity contribution is 6.37. The summed E-state index contributed by atoms with van der Waals surface area (Å²) in [6.45, 7) is 0. The molecule has 0 aliphatic heterocycles. The Morgan fingerprint density at radius 3 is 2.43 bits per heavy atom. The van der Waals surface area contributed by atoms with Crippen molar-refractivity contribution >= 4 is 41.0 Å². The van der Waals surface area contributed by atoms with E-state index in [9.17, 15) is 20.0 Å². The quantitative estimate of drug-likeness (QED) is 0.665. The van der Waals surface area contributed by atoms with Gasteiger partial charge in [-0.3, -0.25) is 14.9 Å². The highest BCUT2D eigenvalue weighted by Gasteiger charge is 2.21. The molecule has 2 rings (SSSR count). The largest absolute Gasteiger partial charge is 0.488 e. The van der Waals surface area contributed by atoms with Crippen LogP contribution in [-0.4, -0.2) is 20.0 Å². The normalized spacial score (nSPS) is 11.0. The summed E-state index contributed by atoms with van der Waals surface area (Å²) in [5.41, 5.74) is -1.58. The zero-order chi connectivity index (χ0) is 15.6. The van der Waals surface area contributed by atoms with E-state index in [4.69, 9.17) is 23.2 Å². The number of nitro groups is 1. The topological polar surface area (TPSA) is 109 Å². The van der Waals surface area contributed by atoms with E-state index in [1.807, 2.05) is 0 Å². The number of nitrogens with zero attached hydrogens (tertiary/aromatic N) is 2. The second-order valence-electron chi connectivity index (χ2n) is 3.85. The standard InChI is InChI=1S/C12H7Cl2N3O4/c13-7-2-1-3-8(14)6(7)4-5-9-15-11(18)10(17(20)21)12(19)16-9/h1-5H,(H2,15,16,18,19). The van der Waals surface area contributed by atoms with E-state index in [2.05, 4.69) is 9.97 Å². The van der Waals surface area contributed by atoms with Crippen molar-refractivity contribution in [2.24, 2.45) is 0 Å². The number of hydrogen-bond donors (Lipinski definition) is 2. The van der Waals surface area contributed by atoms with Crippen LogP contribution in [0.4, 0.5) is 5.69 Å². The van der Waals surface area contributed by atoms with Gasteiger partial charge in [0.25, 0.3) is 5.88 Å². The third kappa shape index (κ3) is 3.21. The number of halogens is 2. The molecule has 0 saturated carbocycles. The first-order valence-corrected chi connectivity index (χ1v) is 6.25. The summed E-state index contributed by atoms with van der Waals surface area (Å²) in [6.07, 6.45) is 2.78. The number of nitrogens with one attached hydrogen (secondary N) is 1. The van der Waals surface area contributed by atoms with Gasteiger partial charge in [0.2, 0.25) is 0 Å². The average Bonchev–Trinajstić information content (AvgIpc) is 2.36. The molecule has 0 radical (unpaired) electrons. The van der Waals surface area contributed by atoms with E-state index >= 15 is 0 Å². The van der Waals surface area contributed by atoms with Gasteiger partial charge in [0.05, 0.1) is 4.92 Å². The lowest BCUT2D eigenvalue weighted by Crippen LogP contribution is -2.14. The number of aromatic nitrogens is 2. The van der Waals surface area contributed by atoms with Crippen LogP contribution < -0.4 is 5.56 Å². The molecule has 2 aromatic rings. The minimum absolute atomic E-state index is 0.0703. The van der Waals surface area contributed by atoms with Crippen molar-refractivity contribution in [3.63, 3.8) is 0 Å². The van der Waals surface area contributed by atoms with Crippen molar-refractivity contribution in [1.82, 2.24) is 9.97 Å². The van der Waals surface area contributed by atoms with Gasteiger partial charge in [-0.25, -0.2) is 0 Å². The molecule has 0 atom stereocenters. The van der Waals surface area contributed by atoms with E-state index in [1.54, 1.807) is 18.2 Å². The van der Waals surface area contributed by atoms with Crippen molar-refractivity contribution in [3.8, 4) is 5.88 Å². The van der Waals surface area contributed by atoms with E-state index in [1.165, 1.54) is 12.2 Å². The molecule has 0 aliphatic rings. The molecular weight excluding hydrogens is 321 g/mol. The Morgan fingerprint density at radius 2 is 1.90 bits per heavy atom. The number of hydrogen-bond acceptors (Lipinski definition) is 5. The predicted molar refractivity (Wildman–Crippen MR) is 78.6 cm³/mol. The Hall–Kier alpha value is -2.38. The second-order valence-corrected chi connectivity index (χ2v) is 4.66. The summed E-state index contributed by atoms with van der Waals surface area (Å²) in [5, 5.41) is 20.7. The van der Waals surface area contributed by atoms with Crippen LogP contribution in [0.3, 0.4) is 0 Å². The van der Waals surface area contributed by atoms with Crippen molar-refractivity contribution < 1.29 is 10.0 Å². The van der Waals surface area contributed by atoms with Crippen LogP contribution in [0, 0.1) is 10.1 Å². The molecule has 1 heterocycles. The van der Waals surface area contributed by atoms with E-state index in [0.29, 0.717) is 15.6 Å². The third-order valence-corrected chi connectivity index (χ3v) is 3.14. The molecule has 1 aromatic heterocycles. The summed E-state index contributed by atoms with van der Waals surface area (Å²) in [6, 6.07) is 4.91. The van der Waals surface area contributed by atoms with Gasteiger partial charge in [-0.15, -0.1) is 0 Å². The molecule has 1 aromatic carbocycles. The molecule has 0 aliphatic carbocycles. The molecule has 0 spiro atoms. The van der Waals surface area contributed by atoms with Gasteiger partial charge < -0.3 is 10.1 Å². The van der Waals surface area contributed by atoms with Crippen LogP contribution in [0.1, 0.15) is 11.4 Å². The Morgan fingerprint density at radius 1 is 1.29 bits per heavy atom. The Bertz CT molecular complexity index is 781. The van der Waals surface area contributed by atoms with Gasteiger partial charge in [-0.05, 0) is 24.3 Å². The van der Waals surface area contributed by atoms with Crippen LogP contribution in [0.15, 0.2) is 23.0 Å². The van der Waals surface area contributed by atoms with Crippen molar-refractivity contribution in [3.05, 3.63) is 60.1 Å². The number of rotatable bonds is 3. The first kappa shape index (κ1) is 15.0. The van der Waals surface area contributed by atoms with Crippen LogP contribution in [-0.2, 0) is 0 Å². The maximum absolute atomic E-state index is 11.5. The summed E-state index contributed by atoms with van der Waals surface area (Å²) in [7, 11) is 0. The fourth-order valence-corrected chi connectivity index (χ4v) is 2.07. The fourth-order valence-electron chi connectivity index (χ4n) is 1.55. The van der Waals surface area contributed by atoms with Crippen LogP contribution in [0.25, 0.3) is 12.2 Å². The summed E-state index contributed by atoms with van der Waals surface area (Å²) in [4.78, 5) is 26.7. The molecule has 9 heteroatoms. The molecule has 21 heavy (non-hydrogen) atoms. The fraction of sp³-hybridized carbons (Fsp3) is 0. The first-order valence-electron chi connectivity index (χ1n) is 5.50. The smallest absolute Gasteiger partial charge is 0.395 e. The number of aromatic hydroxyl groups is 1. The van der Waals surface area contributed by atoms with Crippen molar-refractivity contribution in [2.75, 3.05) is 0 Å².